The second kappa shape index (κ2) is 8.29. The first kappa shape index (κ1) is 18.6. The summed E-state index contributed by atoms with van der Waals surface area (Å²) in [5.41, 5.74) is 0.928. The van der Waals surface area contributed by atoms with E-state index in [1.807, 2.05) is 44.2 Å². The van der Waals surface area contributed by atoms with Crippen LogP contribution in [-0.2, 0) is 9.59 Å². The van der Waals surface area contributed by atoms with Crippen LogP contribution in [0, 0.1) is 5.92 Å². The number of hydrogen-bond acceptors (Lipinski definition) is 5. The molecule has 6 heteroatoms. The quantitative estimate of drug-likeness (QED) is 0.650. The molecule has 0 saturated heterocycles. The van der Waals surface area contributed by atoms with E-state index in [2.05, 4.69) is 11.9 Å². The van der Waals surface area contributed by atoms with Crippen LogP contribution in [0.15, 0.2) is 41.9 Å². The molecule has 1 aromatic rings. The van der Waals surface area contributed by atoms with Crippen molar-refractivity contribution < 1.29 is 14.7 Å². The summed E-state index contributed by atoms with van der Waals surface area (Å²) < 4.78 is -0.594. The molecule has 0 radical (unpaired) electrons. The molecule has 22 heavy (non-hydrogen) atoms. The van der Waals surface area contributed by atoms with Crippen molar-refractivity contribution in [2.45, 2.75) is 31.9 Å². The van der Waals surface area contributed by atoms with E-state index >= 15 is 0 Å². The Labute approximate surface area is 139 Å². The van der Waals surface area contributed by atoms with Gasteiger partial charge in [0.2, 0.25) is 0 Å². The summed E-state index contributed by atoms with van der Waals surface area (Å²) in [5.74, 6) is -1.80. The van der Waals surface area contributed by atoms with Gasteiger partial charge in [-0.2, -0.15) is 0 Å². The van der Waals surface area contributed by atoms with Crippen molar-refractivity contribution in [2.24, 2.45) is 5.92 Å². The van der Waals surface area contributed by atoms with E-state index < -0.39 is 16.6 Å². The predicted molar refractivity (Wildman–Crippen MR) is 94.9 cm³/mol. The summed E-state index contributed by atoms with van der Waals surface area (Å²) in [6, 6.07) is 9.63. The molecular weight excluding hydrogens is 318 g/mol. The second-order valence-corrected chi connectivity index (χ2v) is 8.36. The van der Waals surface area contributed by atoms with Gasteiger partial charge in [0.05, 0.1) is 10.9 Å². The fraction of sp³-hybridized carbons (Fsp3) is 0.375. The molecule has 2 N–H and O–H groups in total. The molecule has 0 aromatic heterocycles. The fourth-order valence-corrected chi connectivity index (χ4v) is 4.03. The smallest absolute Gasteiger partial charge is 0.308 e. The maximum absolute atomic E-state index is 11.4. The van der Waals surface area contributed by atoms with E-state index in [0.717, 1.165) is 10.7 Å². The maximum atomic E-state index is 11.4. The first-order valence-electron chi connectivity index (χ1n) is 6.81. The molecule has 0 heterocycles. The van der Waals surface area contributed by atoms with Crippen LogP contribution in [0.5, 0.6) is 0 Å². The molecule has 1 rings (SSSR count). The van der Waals surface area contributed by atoms with Crippen LogP contribution in [0.25, 0.3) is 0 Å². The van der Waals surface area contributed by atoms with Crippen LogP contribution in [0.2, 0.25) is 0 Å². The molecule has 0 fully saturated rings. The lowest BCUT2D eigenvalue weighted by Gasteiger charge is -2.29. The standard InChI is InChI=1S/C16H21NO3S2/c1-11(18)10-14(15(19)20)16(3,4)22-21-12(2)17-13-8-6-5-7-9-13/h5-9,14,17H,2,10H2,1,3-4H3,(H,19,20). The Bertz CT molecular complexity index is 544. The normalized spacial score (nSPS) is 12.5. The third-order valence-electron chi connectivity index (χ3n) is 3.04. The molecular formula is C16H21NO3S2. The van der Waals surface area contributed by atoms with Crippen molar-refractivity contribution in [1.82, 2.24) is 0 Å². The SMILES string of the molecule is C=C(Nc1ccccc1)SSC(C)(C)C(CC(C)=O)C(=O)O. The van der Waals surface area contributed by atoms with Gasteiger partial charge >= 0.3 is 5.97 Å². The summed E-state index contributed by atoms with van der Waals surface area (Å²) in [7, 11) is 2.79. The number of carboxylic acids is 1. The number of nitrogens with one attached hydrogen (secondary N) is 1. The summed E-state index contributed by atoms with van der Waals surface area (Å²) >= 11 is 0. The fourth-order valence-electron chi connectivity index (χ4n) is 1.84. The van der Waals surface area contributed by atoms with Crippen LogP contribution in [0.4, 0.5) is 5.69 Å². The number of Topliss-reactive ketones (excluding diaryl/α,β-unsaturated/α-hetero) is 1. The van der Waals surface area contributed by atoms with Crippen molar-refractivity contribution in [2.75, 3.05) is 5.32 Å². The van der Waals surface area contributed by atoms with Gasteiger partial charge in [0, 0.05) is 16.9 Å². The van der Waals surface area contributed by atoms with Gasteiger partial charge < -0.3 is 15.2 Å². The van der Waals surface area contributed by atoms with Crippen LogP contribution in [0.3, 0.4) is 0 Å². The van der Waals surface area contributed by atoms with E-state index in [-0.39, 0.29) is 12.2 Å². The molecule has 0 spiro atoms. The predicted octanol–water partition coefficient (Wildman–Crippen LogP) is 4.41. The largest absolute Gasteiger partial charge is 0.481 e. The lowest BCUT2D eigenvalue weighted by atomic mass is 9.90. The van der Waals surface area contributed by atoms with Gasteiger partial charge in [-0.25, -0.2) is 0 Å². The van der Waals surface area contributed by atoms with Crippen LogP contribution >= 0.6 is 21.6 Å². The number of benzene rings is 1. The Morgan fingerprint density at radius 3 is 2.41 bits per heavy atom. The van der Waals surface area contributed by atoms with Crippen LogP contribution in [-0.4, -0.2) is 21.6 Å². The number of carboxylic acid groups (broad SMARTS) is 1. The average molecular weight is 339 g/mol. The Hall–Kier alpha value is -1.40. The molecule has 0 bridgehead atoms. The van der Waals surface area contributed by atoms with Gasteiger partial charge in [-0.1, -0.05) is 35.6 Å². The third kappa shape index (κ3) is 6.15. The number of anilines is 1. The molecule has 0 aliphatic carbocycles. The molecule has 0 aliphatic rings. The minimum Gasteiger partial charge on any atom is -0.481 e. The van der Waals surface area contributed by atoms with E-state index in [1.165, 1.54) is 28.5 Å². The number of carbonyl (C=O) groups is 2. The number of para-hydroxylation sites is 1. The molecule has 1 atom stereocenters. The van der Waals surface area contributed by atoms with Crippen molar-refractivity contribution in [1.29, 1.82) is 0 Å². The highest BCUT2D eigenvalue weighted by atomic mass is 33.1. The Morgan fingerprint density at radius 2 is 1.91 bits per heavy atom. The first-order chi connectivity index (χ1) is 10.2. The second-order valence-electron chi connectivity index (χ2n) is 5.48. The van der Waals surface area contributed by atoms with E-state index in [0.29, 0.717) is 0 Å². The number of hydrogen-bond donors (Lipinski definition) is 2. The lowest BCUT2D eigenvalue weighted by molar-refractivity contribution is -0.144. The summed E-state index contributed by atoms with van der Waals surface area (Å²) in [4.78, 5) is 22.7. The molecule has 1 unspecified atom stereocenters. The van der Waals surface area contributed by atoms with E-state index in [4.69, 9.17) is 0 Å². The number of ketones is 1. The van der Waals surface area contributed by atoms with Gasteiger partial charge in [-0.3, -0.25) is 4.79 Å². The highest BCUT2D eigenvalue weighted by Gasteiger charge is 2.37. The van der Waals surface area contributed by atoms with Gasteiger partial charge in [-0.15, -0.1) is 0 Å². The topological polar surface area (TPSA) is 66.4 Å². The monoisotopic (exact) mass is 339 g/mol. The zero-order chi connectivity index (χ0) is 16.8. The van der Waals surface area contributed by atoms with E-state index in [9.17, 15) is 14.7 Å². The number of rotatable bonds is 9. The first-order valence-corrected chi connectivity index (χ1v) is 8.96. The van der Waals surface area contributed by atoms with Crippen LogP contribution < -0.4 is 5.32 Å². The van der Waals surface area contributed by atoms with Gasteiger partial charge in [0.1, 0.15) is 5.78 Å². The van der Waals surface area contributed by atoms with Crippen molar-refractivity contribution in [3.63, 3.8) is 0 Å². The highest BCUT2D eigenvalue weighted by molar-refractivity contribution is 8.78. The maximum Gasteiger partial charge on any atom is 0.308 e. The summed E-state index contributed by atoms with van der Waals surface area (Å²) in [6.45, 7) is 9.02. The average Bonchev–Trinajstić information content (AvgIpc) is 2.43. The Morgan fingerprint density at radius 1 is 1.32 bits per heavy atom. The summed E-state index contributed by atoms with van der Waals surface area (Å²) in [5, 5.41) is 13.2. The molecule has 120 valence electrons. The van der Waals surface area contributed by atoms with Gasteiger partial charge in [0.15, 0.2) is 0 Å². The van der Waals surface area contributed by atoms with Gasteiger partial charge in [-0.05, 0) is 43.7 Å². The zero-order valence-corrected chi connectivity index (χ0v) is 14.6. The minimum atomic E-state index is -0.949. The summed E-state index contributed by atoms with van der Waals surface area (Å²) in [6.07, 6.45) is 0.0362. The van der Waals surface area contributed by atoms with E-state index in [1.54, 1.807) is 0 Å². The van der Waals surface area contributed by atoms with Crippen molar-refractivity contribution in [3.05, 3.63) is 41.9 Å². The van der Waals surface area contributed by atoms with Crippen LogP contribution in [0.1, 0.15) is 27.2 Å². The molecule has 0 amide bonds. The van der Waals surface area contributed by atoms with Crippen molar-refractivity contribution >= 4 is 39.0 Å². The molecule has 4 nitrogen and oxygen atoms in total. The number of aliphatic carboxylic acids is 1. The zero-order valence-electron chi connectivity index (χ0n) is 13.0. The lowest BCUT2D eigenvalue weighted by Crippen LogP contribution is -2.35. The Balaban J connectivity index is 2.61. The minimum absolute atomic E-state index is 0.0362. The van der Waals surface area contributed by atoms with Crippen molar-refractivity contribution in [3.8, 4) is 0 Å². The third-order valence-corrected chi connectivity index (χ3v) is 6.29. The van der Waals surface area contributed by atoms with Gasteiger partial charge in [0.25, 0.3) is 0 Å². The highest BCUT2D eigenvalue weighted by Crippen LogP contribution is 2.45. The molecule has 1 aromatic carbocycles. The molecule has 0 saturated carbocycles. The number of carbonyl (C=O) groups excluding carboxylic acids is 1. The Kier molecular flexibility index (Phi) is 7.03. The molecule has 0 aliphatic heterocycles.